The van der Waals surface area contributed by atoms with E-state index in [1.165, 1.54) is 0 Å². The molecule has 25 heavy (non-hydrogen) atoms. The summed E-state index contributed by atoms with van der Waals surface area (Å²) in [6.45, 7) is 0.904. The number of rotatable bonds is 6. The van der Waals surface area contributed by atoms with E-state index in [0.29, 0.717) is 0 Å². The summed E-state index contributed by atoms with van der Waals surface area (Å²) in [6, 6.07) is 18.1. The number of carbonyl (C=O) groups excluding carboxylic acids is 1. The molecule has 0 amide bonds. The van der Waals surface area contributed by atoms with E-state index in [4.69, 9.17) is 0 Å². The fourth-order valence-corrected chi connectivity index (χ4v) is 3.65. The molecular formula is C22H20BrNO. The fourth-order valence-electron chi connectivity index (χ4n) is 2.98. The monoisotopic (exact) mass is 393 g/mol. The van der Waals surface area contributed by atoms with Gasteiger partial charge in [-0.25, -0.2) is 0 Å². The number of hydrogen-bond donors (Lipinski definition) is 0. The maximum Gasteiger partial charge on any atom is 0.153 e. The van der Waals surface area contributed by atoms with Crippen molar-refractivity contribution >= 4 is 33.1 Å². The number of para-hydroxylation sites is 1. The van der Waals surface area contributed by atoms with Crippen LogP contribution in [0.3, 0.4) is 0 Å². The van der Waals surface area contributed by atoms with Gasteiger partial charge in [0, 0.05) is 29.4 Å². The van der Waals surface area contributed by atoms with E-state index in [0.717, 1.165) is 65.1 Å². The summed E-state index contributed by atoms with van der Waals surface area (Å²) in [7, 11) is 0. The Hall–Kier alpha value is -2.31. The van der Waals surface area contributed by atoms with Crippen LogP contribution in [0.4, 0.5) is 0 Å². The van der Waals surface area contributed by atoms with Crippen LogP contribution >= 0.6 is 15.9 Å². The summed E-state index contributed by atoms with van der Waals surface area (Å²) in [5, 5.41) is 1.01. The molecule has 1 aromatic heterocycles. The molecule has 0 unspecified atom stereocenters. The molecule has 0 saturated carbocycles. The highest BCUT2D eigenvalue weighted by Crippen LogP contribution is 2.29. The van der Waals surface area contributed by atoms with Gasteiger partial charge in [0.2, 0.25) is 0 Å². The van der Waals surface area contributed by atoms with E-state index in [1.807, 2.05) is 48.5 Å². The molecule has 0 aliphatic heterocycles. The predicted molar refractivity (Wildman–Crippen MR) is 107 cm³/mol. The molecule has 3 aromatic rings. The third-order valence-corrected chi connectivity index (χ3v) is 5.11. The number of fused-ring (bicyclic) bond motifs is 1. The first-order valence-electron chi connectivity index (χ1n) is 8.57. The first kappa shape index (κ1) is 17.5. The van der Waals surface area contributed by atoms with Crippen LogP contribution in [-0.4, -0.2) is 10.9 Å². The summed E-state index contributed by atoms with van der Waals surface area (Å²) in [6.07, 6.45) is 5.14. The van der Waals surface area contributed by atoms with Crippen LogP contribution in [0.2, 0.25) is 0 Å². The maximum absolute atomic E-state index is 11.4. The third-order valence-electron chi connectivity index (χ3n) is 4.25. The number of hydrogen-bond acceptors (Lipinski definition) is 1. The number of aldehydes is 1. The number of aromatic nitrogens is 1. The Kier molecular flexibility index (Phi) is 6.09. The molecule has 2 aromatic carbocycles. The Morgan fingerprint density at radius 1 is 0.960 bits per heavy atom. The number of benzene rings is 2. The van der Waals surface area contributed by atoms with Crippen LogP contribution < -0.4 is 0 Å². The molecule has 3 rings (SSSR count). The molecule has 0 aliphatic carbocycles. The van der Waals surface area contributed by atoms with Crippen molar-refractivity contribution in [2.75, 3.05) is 0 Å². The zero-order valence-corrected chi connectivity index (χ0v) is 15.6. The molecule has 0 aliphatic rings. The van der Waals surface area contributed by atoms with E-state index in [1.54, 1.807) is 0 Å². The Morgan fingerprint density at radius 2 is 1.72 bits per heavy atom. The van der Waals surface area contributed by atoms with Gasteiger partial charge in [0.15, 0.2) is 6.29 Å². The van der Waals surface area contributed by atoms with Crippen molar-refractivity contribution in [3.05, 3.63) is 70.3 Å². The van der Waals surface area contributed by atoms with Gasteiger partial charge in [-0.1, -0.05) is 54.7 Å². The van der Waals surface area contributed by atoms with Crippen LogP contribution in [0.5, 0.6) is 0 Å². The van der Waals surface area contributed by atoms with Crippen LogP contribution in [0.1, 0.15) is 41.6 Å². The highest BCUT2D eigenvalue weighted by atomic mass is 79.9. The molecular weight excluding hydrogens is 374 g/mol. The van der Waals surface area contributed by atoms with E-state index >= 15 is 0 Å². The second-order valence-electron chi connectivity index (χ2n) is 5.97. The molecule has 0 radical (unpaired) electrons. The zero-order chi connectivity index (χ0) is 17.5. The maximum atomic E-state index is 11.4. The summed E-state index contributed by atoms with van der Waals surface area (Å²) < 4.78 is 3.07. The lowest BCUT2D eigenvalue weighted by molar-refractivity contribution is 0.112. The van der Waals surface area contributed by atoms with Crippen molar-refractivity contribution in [1.29, 1.82) is 0 Å². The molecule has 3 heteroatoms. The molecule has 0 saturated heterocycles. The first-order chi connectivity index (χ1) is 12.3. The average molecular weight is 394 g/mol. The molecule has 2 nitrogen and oxygen atoms in total. The molecule has 1 heterocycles. The highest BCUT2D eigenvalue weighted by molar-refractivity contribution is 9.10. The number of carbonyl (C=O) groups is 1. The number of aryl methyl sites for hydroxylation is 1. The van der Waals surface area contributed by atoms with E-state index in [9.17, 15) is 4.79 Å². The minimum absolute atomic E-state index is 0.740. The summed E-state index contributed by atoms with van der Waals surface area (Å²) in [5.74, 6) is 6.44. The summed E-state index contributed by atoms with van der Waals surface area (Å²) in [5.41, 5.74) is 2.93. The van der Waals surface area contributed by atoms with Gasteiger partial charge in [-0.15, -0.1) is 0 Å². The van der Waals surface area contributed by atoms with Crippen molar-refractivity contribution in [2.45, 2.75) is 32.2 Å². The second kappa shape index (κ2) is 8.69. The number of halogens is 1. The minimum Gasteiger partial charge on any atom is -0.335 e. The fraction of sp³-hybridized carbons (Fsp3) is 0.227. The topological polar surface area (TPSA) is 22.0 Å². The zero-order valence-electron chi connectivity index (χ0n) is 14.0. The summed E-state index contributed by atoms with van der Waals surface area (Å²) >= 11 is 3.58. The smallest absolute Gasteiger partial charge is 0.153 e. The van der Waals surface area contributed by atoms with Crippen molar-refractivity contribution in [3.63, 3.8) is 0 Å². The second-order valence-corrected chi connectivity index (χ2v) is 6.72. The normalized spacial score (nSPS) is 10.4. The van der Waals surface area contributed by atoms with Crippen LogP contribution in [0, 0.1) is 11.8 Å². The van der Waals surface area contributed by atoms with Crippen molar-refractivity contribution in [1.82, 2.24) is 4.57 Å². The van der Waals surface area contributed by atoms with Crippen molar-refractivity contribution in [2.24, 2.45) is 0 Å². The van der Waals surface area contributed by atoms with Gasteiger partial charge in [0.05, 0.1) is 10.2 Å². The average Bonchev–Trinajstić information content (AvgIpc) is 2.93. The molecule has 0 atom stereocenters. The molecule has 0 N–H and O–H groups in total. The first-order valence-corrected chi connectivity index (χ1v) is 9.36. The Morgan fingerprint density at radius 3 is 2.52 bits per heavy atom. The van der Waals surface area contributed by atoms with Gasteiger partial charge >= 0.3 is 0 Å². The van der Waals surface area contributed by atoms with Crippen molar-refractivity contribution < 1.29 is 4.79 Å². The third kappa shape index (κ3) is 4.21. The van der Waals surface area contributed by atoms with Crippen LogP contribution in [-0.2, 0) is 6.54 Å². The lowest BCUT2D eigenvalue weighted by Gasteiger charge is -2.06. The van der Waals surface area contributed by atoms with Gasteiger partial charge in [-0.3, -0.25) is 4.79 Å². The van der Waals surface area contributed by atoms with Crippen LogP contribution in [0.25, 0.3) is 10.9 Å². The number of unbranched alkanes of at least 4 members (excludes halogenated alkanes) is 3. The lowest BCUT2D eigenvalue weighted by atomic mass is 10.1. The minimum atomic E-state index is 0.740. The summed E-state index contributed by atoms with van der Waals surface area (Å²) in [4.78, 5) is 11.4. The van der Waals surface area contributed by atoms with Gasteiger partial charge in [0.1, 0.15) is 0 Å². The highest BCUT2D eigenvalue weighted by Gasteiger charge is 2.13. The Balaban J connectivity index is 1.53. The molecule has 0 bridgehead atoms. The van der Waals surface area contributed by atoms with Gasteiger partial charge in [0.25, 0.3) is 0 Å². The standard InChI is InChI=1S/C22H20BrNO/c23-22-20(17-25)19-14-8-9-15-21(19)24(22)16-10-3-1-2-5-11-18-12-6-4-7-13-18/h4,6-9,12-15,17H,1-3,10,16H2. The molecule has 126 valence electrons. The van der Waals surface area contributed by atoms with Crippen LogP contribution in [0.15, 0.2) is 59.2 Å². The lowest BCUT2D eigenvalue weighted by Crippen LogP contribution is -1.98. The number of nitrogens with zero attached hydrogens (tertiary/aromatic N) is 1. The van der Waals surface area contributed by atoms with Gasteiger partial charge in [-0.05, 0) is 47.0 Å². The SMILES string of the molecule is O=Cc1c(Br)n(CCCCCC#Cc2ccccc2)c2ccccc12. The Bertz CT molecular complexity index is 916. The predicted octanol–water partition coefficient (Wildman–Crippen LogP) is 5.83. The molecule has 0 fully saturated rings. The largest absolute Gasteiger partial charge is 0.335 e. The van der Waals surface area contributed by atoms with E-state index in [-0.39, 0.29) is 0 Å². The van der Waals surface area contributed by atoms with Crippen molar-refractivity contribution in [3.8, 4) is 11.8 Å². The van der Waals surface area contributed by atoms with E-state index in [2.05, 4.69) is 38.4 Å². The quantitative estimate of drug-likeness (QED) is 0.293. The van der Waals surface area contributed by atoms with E-state index < -0.39 is 0 Å². The Labute approximate surface area is 157 Å². The molecule has 0 spiro atoms. The van der Waals surface area contributed by atoms with Gasteiger partial charge < -0.3 is 4.57 Å². The van der Waals surface area contributed by atoms with Gasteiger partial charge in [-0.2, -0.15) is 0 Å².